The SMILES string of the molecule is CC(C)CCCCCCCOC(=O)OC1CCC(OC(=O)OCCCCCC(C)C)CC1. The lowest BCUT2D eigenvalue weighted by Crippen LogP contribution is -2.30. The molecule has 6 nitrogen and oxygen atoms in total. The first-order chi connectivity index (χ1) is 15.4. The maximum Gasteiger partial charge on any atom is 0.508 e. The molecule has 1 rings (SSSR count). The molecule has 32 heavy (non-hydrogen) atoms. The van der Waals surface area contributed by atoms with Crippen molar-refractivity contribution in [2.75, 3.05) is 13.2 Å². The average molecular weight is 457 g/mol. The number of hydrogen-bond donors (Lipinski definition) is 0. The first-order valence-corrected chi connectivity index (χ1v) is 13.0. The summed E-state index contributed by atoms with van der Waals surface area (Å²) in [6, 6.07) is 0. The molecule has 0 aromatic rings. The first kappa shape index (κ1) is 28.6. The normalized spacial score (nSPS) is 18.6. The van der Waals surface area contributed by atoms with E-state index in [0.29, 0.717) is 38.9 Å². The van der Waals surface area contributed by atoms with E-state index in [9.17, 15) is 9.59 Å². The minimum Gasteiger partial charge on any atom is -0.434 e. The fourth-order valence-electron chi connectivity index (χ4n) is 3.94. The van der Waals surface area contributed by atoms with E-state index in [-0.39, 0.29) is 12.2 Å². The van der Waals surface area contributed by atoms with Gasteiger partial charge in [0.15, 0.2) is 0 Å². The van der Waals surface area contributed by atoms with E-state index < -0.39 is 12.3 Å². The van der Waals surface area contributed by atoms with Gasteiger partial charge in [-0.05, 0) is 50.4 Å². The summed E-state index contributed by atoms with van der Waals surface area (Å²) in [5, 5.41) is 0. The number of carbonyl (C=O) groups excluding carboxylic acids is 2. The van der Waals surface area contributed by atoms with Crippen LogP contribution < -0.4 is 0 Å². The molecule has 0 saturated heterocycles. The van der Waals surface area contributed by atoms with Crippen LogP contribution in [0.15, 0.2) is 0 Å². The van der Waals surface area contributed by atoms with Crippen molar-refractivity contribution < 1.29 is 28.5 Å². The van der Waals surface area contributed by atoms with Crippen molar-refractivity contribution in [2.24, 2.45) is 11.8 Å². The predicted molar refractivity (Wildman–Crippen MR) is 127 cm³/mol. The standard InChI is InChI=1S/C26H48O6/c1-21(2)13-9-6-5-7-11-19-29-25(27)31-23-15-17-24(18-16-23)32-26(28)30-20-12-8-10-14-22(3)4/h21-24H,5-20H2,1-4H3. The van der Waals surface area contributed by atoms with Crippen LogP contribution >= 0.6 is 0 Å². The molecule has 0 N–H and O–H groups in total. The smallest absolute Gasteiger partial charge is 0.434 e. The van der Waals surface area contributed by atoms with Crippen LogP contribution in [-0.4, -0.2) is 37.7 Å². The molecule has 188 valence electrons. The Kier molecular flexibility index (Phi) is 16.1. The fraction of sp³-hybridized carbons (Fsp3) is 0.923. The summed E-state index contributed by atoms with van der Waals surface area (Å²) >= 11 is 0. The van der Waals surface area contributed by atoms with Gasteiger partial charge in [-0.15, -0.1) is 0 Å². The summed E-state index contributed by atoms with van der Waals surface area (Å²) in [5.74, 6) is 1.49. The zero-order valence-corrected chi connectivity index (χ0v) is 21.1. The summed E-state index contributed by atoms with van der Waals surface area (Å²) in [6.07, 6.45) is 12.5. The molecule has 0 heterocycles. The molecular weight excluding hydrogens is 408 g/mol. The van der Waals surface area contributed by atoms with Crippen molar-refractivity contribution in [1.29, 1.82) is 0 Å². The monoisotopic (exact) mass is 456 g/mol. The molecule has 0 radical (unpaired) electrons. The molecule has 0 atom stereocenters. The Balaban J connectivity index is 1.98. The first-order valence-electron chi connectivity index (χ1n) is 13.0. The third-order valence-corrected chi connectivity index (χ3v) is 5.94. The Morgan fingerprint density at radius 3 is 1.34 bits per heavy atom. The second-order valence-corrected chi connectivity index (χ2v) is 10.0. The highest BCUT2D eigenvalue weighted by molar-refractivity contribution is 5.60. The molecular formula is C26H48O6. The van der Waals surface area contributed by atoms with Gasteiger partial charge in [0.2, 0.25) is 0 Å². The third-order valence-electron chi connectivity index (χ3n) is 5.94. The van der Waals surface area contributed by atoms with Crippen molar-refractivity contribution in [3.63, 3.8) is 0 Å². The van der Waals surface area contributed by atoms with Gasteiger partial charge in [0.25, 0.3) is 0 Å². The van der Waals surface area contributed by atoms with Crippen LogP contribution in [0.4, 0.5) is 9.59 Å². The van der Waals surface area contributed by atoms with E-state index in [1.165, 1.54) is 38.5 Å². The lowest BCUT2D eigenvalue weighted by atomic mass is 9.95. The summed E-state index contributed by atoms with van der Waals surface area (Å²) in [7, 11) is 0. The molecule has 0 spiro atoms. The Bertz CT molecular complexity index is 483. The highest BCUT2D eigenvalue weighted by Gasteiger charge is 2.27. The summed E-state index contributed by atoms with van der Waals surface area (Å²) < 4.78 is 21.2. The Morgan fingerprint density at radius 2 is 0.938 bits per heavy atom. The predicted octanol–water partition coefficient (Wildman–Crippen LogP) is 7.82. The minimum atomic E-state index is -0.582. The van der Waals surface area contributed by atoms with Gasteiger partial charge < -0.3 is 18.9 Å². The molecule has 1 saturated carbocycles. The van der Waals surface area contributed by atoms with Crippen molar-refractivity contribution in [3.05, 3.63) is 0 Å². The van der Waals surface area contributed by atoms with Crippen LogP contribution in [0.1, 0.15) is 118 Å². The summed E-state index contributed by atoms with van der Waals surface area (Å²) in [5.41, 5.74) is 0. The van der Waals surface area contributed by atoms with Crippen molar-refractivity contribution in [3.8, 4) is 0 Å². The van der Waals surface area contributed by atoms with Crippen LogP contribution in [0.3, 0.4) is 0 Å². The van der Waals surface area contributed by atoms with E-state index in [1.54, 1.807) is 0 Å². The number of hydrogen-bond acceptors (Lipinski definition) is 6. The van der Waals surface area contributed by atoms with E-state index in [2.05, 4.69) is 27.7 Å². The van der Waals surface area contributed by atoms with Gasteiger partial charge in [-0.25, -0.2) is 9.59 Å². The number of unbranched alkanes of at least 4 members (excludes halogenated alkanes) is 6. The lowest BCUT2D eigenvalue weighted by molar-refractivity contribution is -0.0271. The van der Waals surface area contributed by atoms with Crippen LogP contribution in [0.25, 0.3) is 0 Å². The zero-order chi connectivity index (χ0) is 23.6. The molecule has 0 unspecified atom stereocenters. The van der Waals surface area contributed by atoms with Crippen LogP contribution in [0.2, 0.25) is 0 Å². The highest BCUT2D eigenvalue weighted by Crippen LogP contribution is 2.24. The van der Waals surface area contributed by atoms with Gasteiger partial charge in [0, 0.05) is 0 Å². The van der Waals surface area contributed by atoms with Gasteiger partial charge in [0.1, 0.15) is 12.2 Å². The van der Waals surface area contributed by atoms with Gasteiger partial charge in [-0.3, -0.25) is 0 Å². The Morgan fingerprint density at radius 1 is 0.594 bits per heavy atom. The Hall–Kier alpha value is -1.46. The quantitative estimate of drug-likeness (QED) is 0.174. The van der Waals surface area contributed by atoms with E-state index in [4.69, 9.17) is 18.9 Å². The molecule has 0 aromatic heterocycles. The average Bonchev–Trinajstić information content (AvgIpc) is 2.73. The second kappa shape index (κ2) is 18.0. The summed E-state index contributed by atoms with van der Waals surface area (Å²) in [6.45, 7) is 9.78. The largest absolute Gasteiger partial charge is 0.508 e. The van der Waals surface area contributed by atoms with Gasteiger partial charge >= 0.3 is 12.3 Å². The molecule has 0 aliphatic heterocycles. The maximum absolute atomic E-state index is 11.9. The number of carbonyl (C=O) groups is 2. The van der Waals surface area contributed by atoms with Crippen LogP contribution in [0.5, 0.6) is 0 Å². The van der Waals surface area contributed by atoms with Gasteiger partial charge in [-0.2, -0.15) is 0 Å². The molecule has 1 fully saturated rings. The molecule has 0 amide bonds. The molecule has 1 aliphatic carbocycles. The van der Waals surface area contributed by atoms with E-state index in [1.807, 2.05) is 0 Å². The van der Waals surface area contributed by atoms with E-state index >= 15 is 0 Å². The van der Waals surface area contributed by atoms with Gasteiger partial charge in [0.05, 0.1) is 13.2 Å². The molecule has 0 aromatic carbocycles. The van der Waals surface area contributed by atoms with Crippen molar-refractivity contribution >= 4 is 12.3 Å². The van der Waals surface area contributed by atoms with Gasteiger partial charge in [-0.1, -0.05) is 79.1 Å². The molecule has 6 heteroatoms. The topological polar surface area (TPSA) is 71.1 Å². The summed E-state index contributed by atoms with van der Waals surface area (Å²) in [4.78, 5) is 23.7. The number of rotatable bonds is 16. The zero-order valence-electron chi connectivity index (χ0n) is 21.1. The van der Waals surface area contributed by atoms with Crippen molar-refractivity contribution in [2.45, 2.75) is 130 Å². The molecule has 1 aliphatic rings. The molecule has 0 bridgehead atoms. The van der Waals surface area contributed by atoms with E-state index in [0.717, 1.165) is 37.5 Å². The minimum absolute atomic E-state index is 0.157. The van der Waals surface area contributed by atoms with Crippen molar-refractivity contribution in [1.82, 2.24) is 0 Å². The lowest BCUT2D eigenvalue weighted by Gasteiger charge is -2.27. The Labute approximate surface area is 196 Å². The van der Waals surface area contributed by atoms with Crippen LogP contribution in [-0.2, 0) is 18.9 Å². The maximum atomic E-state index is 11.9. The second-order valence-electron chi connectivity index (χ2n) is 10.0. The highest BCUT2D eigenvalue weighted by atomic mass is 16.7. The third kappa shape index (κ3) is 16.2. The fourth-order valence-corrected chi connectivity index (χ4v) is 3.94. The van der Waals surface area contributed by atoms with Crippen LogP contribution in [0, 0.1) is 11.8 Å². The number of ether oxygens (including phenoxy) is 4.